The van der Waals surface area contributed by atoms with E-state index in [1.165, 1.54) is 4.90 Å². The van der Waals surface area contributed by atoms with Gasteiger partial charge in [-0.1, -0.05) is 0 Å². The molecule has 2 atom stereocenters. The number of hydrogen-bond acceptors (Lipinski definition) is 3. The number of nitrogens with one attached hydrogen (secondary N) is 1. The second-order valence-corrected chi connectivity index (χ2v) is 5.35. The summed E-state index contributed by atoms with van der Waals surface area (Å²) >= 11 is 0. The van der Waals surface area contributed by atoms with Gasteiger partial charge in [0.1, 0.15) is 6.54 Å². The van der Waals surface area contributed by atoms with Gasteiger partial charge in [0.25, 0.3) is 0 Å². The lowest BCUT2D eigenvalue weighted by Gasteiger charge is -2.39. The molecule has 3 amide bonds. The summed E-state index contributed by atoms with van der Waals surface area (Å²) in [4.78, 5) is 38.3. The van der Waals surface area contributed by atoms with E-state index in [-0.39, 0.29) is 30.4 Å². The minimum atomic E-state index is -0.802. The predicted octanol–water partition coefficient (Wildman–Crippen LogP) is 0.750. The smallest absolute Gasteiger partial charge is 0.320 e. The molecular weight excluding hydrogens is 274 g/mol. The van der Waals surface area contributed by atoms with Crippen LogP contribution in [0.3, 0.4) is 0 Å². The summed E-state index contributed by atoms with van der Waals surface area (Å²) in [7, 11) is 0. The molecule has 7 nitrogen and oxygen atoms in total. The minimum Gasteiger partial charge on any atom is -0.481 e. The van der Waals surface area contributed by atoms with E-state index >= 15 is 0 Å². The molecule has 0 radical (unpaired) electrons. The summed E-state index contributed by atoms with van der Waals surface area (Å²) in [5.41, 5.74) is 0. The monoisotopic (exact) mass is 299 g/mol. The summed E-state index contributed by atoms with van der Waals surface area (Å²) in [6, 6.07) is -0.323. The first-order chi connectivity index (χ1) is 9.90. The van der Waals surface area contributed by atoms with Crippen LogP contribution in [0.5, 0.6) is 0 Å². The summed E-state index contributed by atoms with van der Waals surface area (Å²) in [6.45, 7) is 6.94. The molecule has 1 aliphatic rings. The van der Waals surface area contributed by atoms with Gasteiger partial charge in [-0.15, -0.1) is 0 Å². The highest BCUT2D eigenvalue weighted by Gasteiger charge is 2.34. The standard InChI is InChI=1S/C14H25N3O4/c1-4-15-12(18)9-16(5-2)14(21)17-7-6-11(13(19)20)8-10(17)3/h10-11H,4-9H2,1-3H3,(H,15,18)(H,19,20). The number of carboxylic acid groups (broad SMARTS) is 1. The molecule has 0 spiro atoms. The van der Waals surface area contributed by atoms with Gasteiger partial charge in [0.2, 0.25) is 5.91 Å². The summed E-state index contributed by atoms with van der Waals surface area (Å²) < 4.78 is 0. The van der Waals surface area contributed by atoms with Crippen molar-refractivity contribution in [3.05, 3.63) is 0 Å². The number of carbonyl (C=O) groups is 3. The zero-order valence-electron chi connectivity index (χ0n) is 13.0. The van der Waals surface area contributed by atoms with Gasteiger partial charge in [0.15, 0.2) is 0 Å². The third kappa shape index (κ3) is 4.61. The third-order valence-electron chi connectivity index (χ3n) is 3.83. The molecule has 1 saturated heterocycles. The lowest BCUT2D eigenvalue weighted by Crippen LogP contribution is -2.53. The van der Waals surface area contributed by atoms with Crippen LogP contribution < -0.4 is 5.32 Å². The highest BCUT2D eigenvalue weighted by molar-refractivity contribution is 5.84. The highest BCUT2D eigenvalue weighted by Crippen LogP contribution is 2.24. The lowest BCUT2D eigenvalue weighted by molar-refractivity contribution is -0.143. The molecule has 120 valence electrons. The maximum absolute atomic E-state index is 12.5. The van der Waals surface area contributed by atoms with Crippen LogP contribution in [0.2, 0.25) is 0 Å². The number of urea groups is 1. The number of likely N-dealkylation sites (N-methyl/N-ethyl adjacent to an activating group) is 2. The second kappa shape index (κ2) is 7.85. The zero-order valence-corrected chi connectivity index (χ0v) is 13.0. The van der Waals surface area contributed by atoms with Crippen LogP contribution in [-0.2, 0) is 9.59 Å². The molecule has 1 rings (SSSR count). The molecular formula is C14H25N3O4. The van der Waals surface area contributed by atoms with Crippen LogP contribution in [0.1, 0.15) is 33.6 Å². The average Bonchev–Trinajstić information content (AvgIpc) is 2.44. The second-order valence-electron chi connectivity index (χ2n) is 5.35. The number of nitrogens with zero attached hydrogens (tertiary/aromatic N) is 2. The topological polar surface area (TPSA) is 90.0 Å². The van der Waals surface area contributed by atoms with Gasteiger partial charge >= 0.3 is 12.0 Å². The highest BCUT2D eigenvalue weighted by atomic mass is 16.4. The van der Waals surface area contributed by atoms with E-state index in [0.717, 1.165) is 0 Å². The fourth-order valence-corrected chi connectivity index (χ4v) is 2.60. The Hall–Kier alpha value is -1.79. The number of hydrogen-bond donors (Lipinski definition) is 2. The first-order valence-corrected chi connectivity index (χ1v) is 7.45. The number of aliphatic carboxylic acids is 1. The van der Waals surface area contributed by atoms with Gasteiger partial charge in [0.05, 0.1) is 5.92 Å². The van der Waals surface area contributed by atoms with Gasteiger partial charge in [-0.05, 0) is 33.6 Å². The SMILES string of the molecule is CCNC(=O)CN(CC)C(=O)N1CCC(C(=O)O)CC1C. The minimum absolute atomic E-state index is 0.0365. The van der Waals surface area contributed by atoms with Crippen molar-refractivity contribution in [2.75, 3.05) is 26.2 Å². The molecule has 21 heavy (non-hydrogen) atoms. The van der Waals surface area contributed by atoms with Crippen molar-refractivity contribution in [1.82, 2.24) is 15.1 Å². The van der Waals surface area contributed by atoms with Crippen LogP contribution >= 0.6 is 0 Å². The quantitative estimate of drug-likeness (QED) is 0.784. The molecule has 0 aromatic rings. The number of rotatable bonds is 5. The Labute approximate surface area is 125 Å². The molecule has 0 saturated carbocycles. The number of amides is 3. The van der Waals surface area contributed by atoms with E-state index in [9.17, 15) is 14.4 Å². The summed E-state index contributed by atoms with van der Waals surface area (Å²) in [5, 5.41) is 11.7. The largest absolute Gasteiger partial charge is 0.481 e. The number of likely N-dealkylation sites (tertiary alicyclic amines) is 1. The molecule has 0 aromatic heterocycles. The Morgan fingerprint density at radius 1 is 1.33 bits per heavy atom. The number of piperidine rings is 1. The lowest BCUT2D eigenvalue weighted by atomic mass is 9.92. The van der Waals surface area contributed by atoms with Gasteiger partial charge in [-0.2, -0.15) is 0 Å². The maximum atomic E-state index is 12.5. The Morgan fingerprint density at radius 3 is 2.48 bits per heavy atom. The van der Waals surface area contributed by atoms with Gasteiger partial charge in [-0.25, -0.2) is 4.79 Å². The first-order valence-electron chi connectivity index (χ1n) is 7.45. The summed E-state index contributed by atoms with van der Waals surface area (Å²) in [5.74, 6) is -1.37. The predicted molar refractivity (Wildman–Crippen MR) is 77.9 cm³/mol. The van der Waals surface area contributed by atoms with Crippen LogP contribution in [0.25, 0.3) is 0 Å². The zero-order chi connectivity index (χ0) is 16.0. The molecule has 7 heteroatoms. The molecule has 1 fully saturated rings. The van der Waals surface area contributed by atoms with E-state index in [2.05, 4.69) is 5.32 Å². The van der Waals surface area contributed by atoms with Gasteiger partial charge < -0.3 is 20.2 Å². The van der Waals surface area contributed by atoms with E-state index in [1.807, 2.05) is 20.8 Å². The normalized spacial score (nSPS) is 21.8. The number of carboxylic acids is 1. The fourth-order valence-electron chi connectivity index (χ4n) is 2.60. The van der Waals surface area contributed by atoms with Crippen molar-refractivity contribution in [2.24, 2.45) is 5.92 Å². The Morgan fingerprint density at radius 2 is 2.00 bits per heavy atom. The van der Waals surface area contributed by atoms with E-state index < -0.39 is 5.97 Å². The van der Waals surface area contributed by atoms with Crippen LogP contribution in [-0.4, -0.2) is 65.0 Å². The van der Waals surface area contributed by atoms with Crippen molar-refractivity contribution >= 4 is 17.9 Å². The van der Waals surface area contributed by atoms with E-state index in [4.69, 9.17) is 5.11 Å². The Balaban J connectivity index is 2.64. The Kier molecular flexibility index (Phi) is 6.45. The third-order valence-corrected chi connectivity index (χ3v) is 3.83. The van der Waals surface area contributed by atoms with Crippen molar-refractivity contribution in [3.8, 4) is 0 Å². The Bertz CT molecular complexity index is 400. The molecule has 0 aliphatic carbocycles. The average molecular weight is 299 g/mol. The van der Waals surface area contributed by atoms with E-state index in [1.54, 1.807) is 4.90 Å². The first kappa shape index (κ1) is 17.3. The maximum Gasteiger partial charge on any atom is 0.320 e. The summed E-state index contributed by atoms with van der Waals surface area (Å²) in [6.07, 6.45) is 0.921. The molecule has 0 bridgehead atoms. The van der Waals surface area contributed by atoms with Gasteiger partial charge in [-0.3, -0.25) is 9.59 Å². The van der Waals surface area contributed by atoms with Crippen LogP contribution in [0.15, 0.2) is 0 Å². The van der Waals surface area contributed by atoms with Crippen molar-refractivity contribution in [1.29, 1.82) is 0 Å². The molecule has 0 aromatic carbocycles. The number of carbonyl (C=O) groups excluding carboxylic acids is 2. The molecule has 1 heterocycles. The molecule has 1 aliphatic heterocycles. The molecule has 2 unspecified atom stereocenters. The van der Waals surface area contributed by atoms with Crippen LogP contribution in [0.4, 0.5) is 4.79 Å². The van der Waals surface area contributed by atoms with Gasteiger partial charge in [0, 0.05) is 25.7 Å². The fraction of sp³-hybridized carbons (Fsp3) is 0.786. The van der Waals surface area contributed by atoms with Crippen molar-refractivity contribution < 1.29 is 19.5 Å². The van der Waals surface area contributed by atoms with E-state index in [0.29, 0.717) is 32.5 Å². The van der Waals surface area contributed by atoms with Crippen molar-refractivity contribution in [2.45, 2.75) is 39.7 Å². The molecule has 2 N–H and O–H groups in total. The van der Waals surface area contributed by atoms with Crippen LogP contribution in [0, 0.1) is 5.92 Å². The van der Waals surface area contributed by atoms with Crippen molar-refractivity contribution in [3.63, 3.8) is 0 Å².